The summed E-state index contributed by atoms with van der Waals surface area (Å²) in [7, 11) is 0. The van der Waals surface area contributed by atoms with Gasteiger partial charge in [-0.2, -0.15) is 0 Å². The van der Waals surface area contributed by atoms with E-state index < -0.39 is 5.54 Å². The molecule has 2 aliphatic rings. The van der Waals surface area contributed by atoms with E-state index in [1.165, 1.54) is 12.2 Å². The molecule has 0 bridgehead atoms. The average Bonchev–Trinajstić information content (AvgIpc) is 2.79. The third kappa shape index (κ3) is 1.09. The van der Waals surface area contributed by atoms with Gasteiger partial charge in [-0.15, -0.1) is 0 Å². The second-order valence-corrected chi connectivity index (χ2v) is 3.69. The van der Waals surface area contributed by atoms with Crippen molar-refractivity contribution in [3.63, 3.8) is 0 Å². The molecule has 0 aromatic heterocycles. The van der Waals surface area contributed by atoms with Gasteiger partial charge in [0, 0.05) is 6.04 Å². The highest BCUT2D eigenvalue weighted by molar-refractivity contribution is 5.32. The van der Waals surface area contributed by atoms with Crippen LogP contribution in [0.25, 0.3) is 0 Å². The standard InChI is InChI=1S/C9H13FN2/c10-7-3-4-8(11)9(12,5-7)6-1-2-6/h3-6,8H,1-2,11-12H2. The fourth-order valence-corrected chi connectivity index (χ4v) is 1.72. The van der Waals surface area contributed by atoms with Crippen LogP contribution in [0.15, 0.2) is 24.1 Å². The Kier molecular flexibility index (Phi) is 1.59. The van der Waals surface area contributed by atoms with E-state index in [0.29, 0.717) is 5.92 Å². The number of hydrogen-bond acceptors (Lipinski definition) is 2. The Bertz CT molecular complexity index is 255. The minimum absolute atomic E-state index is 0.232. The zero-order chi connectivity index (χ0) is 8.77. The number of hydrogen-bond donors (Lipinski definition) is 2. The van der Waals surface area contributed by atoms with Crippen LogP contribution in [0.5, 0.6) is 0 Å². The van der Waals surface area contributed by atoms with Gasteiger partial charge < -0.3 is 11.5 Å². The molecule has 0 spiro atoms. The molecule has 2 atom stereocenters. The molecule has 0 heterocycles. The molecule has 0 aliphatic heterocycles. The third-order valence-corrected chi connectivity index (χ3v) is 2.71. The van der Waals surface area contributed by atoms with Gasteiger partial charge in [0.25, 0.3) is 0 Å². The van der Waals surface area contributed by atoms with Gasteiger partial charge in [0.15, 0.2) is 0 Å². The number of rotatable bonds is 1. The predicted octanol–water partition coefficient (Wildman–Crippen LogP) is 0.844. The van der Waals surface area contributed by atoms with Crippen molar-refractivity contribution in [3.8, 4) is 0 Å². The molecule has 2 nitrogen and oxygen atoms in total. The van der Waals surface area contributed by atoms with E-state index >= 15 is 0 Å². The SMILES string of the molecule is NC1C=CC(F)=CC1(N)C1CC1. The van der Waals surface area contributed by atoms with Gasteiger partial charge in [-0.05, 0) is 30.9 Å². The van der Waals surface area contributed by atoms with Gasteiger partial charge in [0.1, 0.15) is 5.83 Å². The minimum Gasteiger partial charge on any atom is -0.323 e. The van der Waals surface area contributed by atoms with Crippen molar-refractivity contribution in [1.29, 1.82) is 0 Å². The maximum Gasteiger partial charge on any atom is 0.120 e. The third-order valence-electron chi connectivity index (χ3n) is 2.71. The zero-order valence-corrected chi connectivity index (χ0v) is 6.83. The van der Waals surface area contributed by atoms with Crippen molar-refractivity contribution in [2.45, 2.75) is 24.4 Å². The molecule has 2 rings (SSSR count). The second-order valence-electron chi connectivity index (χ2n) is 3.69. The van der Waals surface area contributed by atoms with Gasteiger partial charge >= 0.3 is 0 Å². The van der Waals surface area contributed by atoms with Crippen LogP contribution in [0.3, 0.4) is 0 Å². The second kappa shape index (κ2) is 2.41. The first-order valence-corrected chi connectivity index (χ1v) is 4.24. The molecule has 3 heteroatoms. The minimum atomic E-state index is -0.626. The van der Waals surface area contributed by atoms with Crippen molar-refractivity contribution in [2.75, 3.05) is 0 Å². The van der Waals surface area contributed by atoms with Crippen LogP contribution in [0, 0.1) is 5.92 Å². The number of nitrogens with two attached hydrogens (primary N) is 2. The van der Waals surface area contributed by atoms with Crippen LogP contribution >= 0.6 is 0 Å². The van der Waals surface area contributed by atoms with Crippen molar-refractivity contribution < 1.29 is 4.39 Å². The van der Waals surface area contributed by atoms with Crippen molar-refractivity contribution in [1.82, 2.24) is 0 Å². The fraction of sp³-hybridized carbons (Fsp3) is 0.556. The topological polar surface area (TPSA) is 52.0 Å². The largest absolute Gasteiger partial charge is 0.323 e. The number of halogens is 1. The lowest BCUT2D eigenvalue weighted by Gasteiger charge is -2.32. The Morgan fingerprint density at radius 3 is 2.75 bits per heavy atom. The van der Waals surface area contributed by atoms with Gasteiger partial charge in [0.05, 0.1) is 5.54 Å². The van der Waals surface area contributed by atoms with Gasteiger partial charge in [-0.3, -0.25) is 0 Å². The summed E-state index contributed by atoms with van der Waals surface area (Å²) in [6, 6.07) is -0.232. The first-order chi connectivity index (χ1) is 5.63. The van der Waals surface area contributed by atoms with E-state index in [2.05, 4.69) is 0 Å². The highest BCUT2D eigenvalue weighted by Gasteiger charge is 2.45. The summed E-state index contributed by atoms with van der Waals surface area (Å²) in [5.41, 5.74) is 11.2. The molecule has 0 aromatic rings. The van der Waals surface area contributed by atoms with Crippen LogP contribution in [-0.2, 0) is 0 Å². The van der Waals surface area contributed by atoms with E-state index in [1.807, 2.05) is 0 Å². The van der Waals surface area contributed by atoms with Crippen LogP contribution in [0.2, 0.25) is 0 Å². The fourth-order valence-electron chi connectivity index (χ4n) is 1.72. The molecule has 0 aromatic carbocycles. The molecule has 66 valence electrons. The molecule has 1 saturated carbocycles. The Morgan fingerprint density at radius 2 is 2.17 bits per heavy atom. The lowest BCUT2D eigenvalue weighted by atomic mass is 9.83. The monoisotopic (exact) mass is 168 g/mol. The molecule has 2 aliphatic carbocycles. The van der Waals surface area contributed by atoms with E-state index in [0.717, 1.165) is 12.8 Å². The summed E-state index contributed by atoms with van der Waals surface area (Å²) < 4.78 is 12.9. The molecule has 1 fully saturated rings. The van der Waals surface area contributed by atoms with Crippen LogP contribution in [0.1, 0.15) is 12.8 Å². The van der Waals surface area contributed by atoms with E-state index in [4.69, 9.17) is 11.5 Å². The first kappa shape index (κ1) is 7.95. The van der Waals surface area contributed by atoms with Crippen LogP contribution in [0.4, 0.5) is 4.39 Å². The Morgan fingerprint density at radius 1 is 1.50 bits per heavy atom. The molecule has 12 heavy (non-hydrogen) atoms. The molecule has 0 radical (unpaired) electrons. The zero-order valence-electron chi connectivity index (χ0n) is 6.83. The molecule has 0 amide bonds. The highest BCUT2D eigenvalue weighted by Crippen LogP contribution is 2.42. The van der Waals surface area contributed by atoms with Crippen molar-refractivity contribution in [2.24, 2.45) is 17.4 Å². The van der Waals surface area contributed by atoms with Crippen molar-refractivity contribution >= 4 is 0 Å². The Balaban J connectivity index is 2.28. The van der Waals surface area contributed by atoms with E-state index in [9.17, 15) is 4.39 Å². The summed E-state index contributed by atoms with van der Waals surface area (Å²) >= 11 is 0. The quantitative estimate of drug-likeness (QED) is 0.609. The summed E-state index contributed by atoms with van der Waals surface area (Å²) in [5.74, 6) is 0.120. The summed E-state index contributed by atoms with van der Waals surface area (Å²) in [4.78, 5) is 0. The normalized spacial score (nSPS) is 41.2. The van der Waals surface area contributed by atoms with Gasteiger partial charge in [0.2, 0.25) is 0 Å². The van der Waals surface area contributed by atoms with Gasteiger partial charge in [-0.1, -0.05) is 6.08 Å². The van der Waals surface area contributed by atoms with Crippen LogP contribution in [-0.4, -0.2) is 11.6 Å². The average molecular weight is 168 g/mol. The maximum atomic E-state index is 12.9. The Hall–Kier alpha value is -0.670. The molecule has 4 N–H and O–H groups in total. The highest BCUT2D eigenvalue weighted by atomic mass is 19.1. The predicted molar refractivity (Wildman–Crippen MR) is 45.9 cm³/mol. The lowest BCUT2D eigenvalue weighted by Crippen LogP contribution is -2.55. The van der Waals surface area contributed by atoms with E-state index in [1.54, 1.807) is 6.08 Å². The first-order valence-electron chi connectivity index (χ1n) is 4.24. The molecular weight excluding hydrogens is 155 g/mol. The van der Waals surface area contributed by atoms with Crippen LogP contribution < -0.4 is 11.5 Å². The lowest BCUT2D eigenvalue weighted by molar-refractivity contribution is 0.401. The smallest absolute Gasteiger partial charge is 0.120 e. The summed E-state index contributed by atoms with van der Waals surface area (Å²) in [6.07, 6.45) is 6.64. The summed E-state index contributed by atoms with van der Waals surface area (Å²) in [5, 5.41) is 0. The van der Waals surface area contributed by atoms with Gasteiger partial charge in [-0.25, -0.2) is 4.39 Å². The molecule has 0 saturated heterocycles. The Labute approximate surface area is 71.1 Å². The molecule has 2 unspecified atom stereocenters. The summed E-state index contributed by atoms with van der Waals surface area (Å²) in [6.45, 7) is 0. The maximum absolute atomic E-state index is 12.9. The van der Waals surface area contributed by atoms with Crippen molar-refractivity contribution in [3.05, 3.63) is 24.1 Å². The van der Waals surface area contributed by atoms with E-state index in [-0.39, 0.29) is 11.9 Å². The number of allylic oxidation sites excluding steroid dienone is 2. The molecular formula is C9H13FN2.